The summed E-state index contributed by atoms with van der Waals surface area (Å²) < 4.78 is 0. The molecule has 0 unspecified atom stereocenters. The van der Waals surface area contributed by atoms with Crippen LogP contribution in [0.2, 0.25) is 0 Å². The van der Waals surface area contributed by atoms with E-state index in [1.165, 1.54) is 64.2 Å². The van der Waals surface area contributed by atoms with Gasteiger partial charge in [0, 0.05) is 5.54 Å². The van der Waals surface area contributed by atoms with E-state index >= 15 is 0 Å². The molecule has 0 aromatic heterocycles. The number of rotatable bonds is 5. The molecule has 24 heavy (non-hydrogen) atoms. The minimum absolute atomic E-state index is 0.705. The van der Waals surface area contributed by atoms with Crippen LogP contribution in [0.1, 0.15) is 94.1 Å². The van der Waals surface area contributed by atoms with Gasteiger partial charge in [-0.25, -0.2) is 0 Å². The molecule has 0 N–H and O–H groups in total. The third-order valence-electron chi connectivity index (χ3n) is 6.54. The predicted octanol–water partition coefficient (Wildman–Crippen LogP) is 7.79. The fourth-order valence-electron chi connectivity index (χ4n) is 4.98. The summed E-state index contributed by atoms with van der Waals surface area (Å²) in [6.45, 7) is 2.32. The van der Waals surface area contributed by atoms with E-state index in [0.29, 0.717) is 5.92 Å². The molecule has 0 saturated heterocycles. The SMILES string of the molecule is CCC[C@H]1CC[C@H](c2ccc([C@H]3CC[C@H](/C=C/Cl)CC3)cc2)CC1. The quantitative estimate of drug-likeness (QED) is 0.511. The lowest BCUT2D eigenvalue weighted by Crippen LogP contribution is -2.14. The summed E-state index contributed by atoms with van der Waals surface area (Å²) in [4.78, 5) is 0. The summed E-state index contributed by atoms with van der Waals surface area (Å²) in [7, 11) is 0. The number of allylic oxidation sites excluding steroid dienone is 1. The van der Waals surface area contributed by atoms with Gasteiger partial charge in [0.1, 0.15) is 0 Å². The van der Waals surface area contributed by atoms with Crippen molar-refractivity contribution in [1.29, 1.82) is 0 Å². The molecule has 0 heterocycles. The van der Waals surface area contributed by atoms with Gasteiger partial charge in [-0.1, -0.05) is 61.7 Å². The average molecular weight is 345 g/mol. The van der Waals surface area contributed by atoms with Crippen LogP contribution in [0.3, 0.4) is 0 Å². The van der Waals surface area contributed by atoms with Crippen molar-refractivity contribution in [2.75, 3.05) is 0 Å². The second-order valence-corrected chi connectivity index (χ2v) is 8.36. The molecular weight excluding hydrogens is 312 g/mol. The van der Waals surface area contributed by atoms with Crippen molar-refractivity contribution in [1.82, 2.24) is 0 Å². The van der Waals surface area contributed by atoms with Gasteiger partial charge in [0.2, 0.25) is 0 Å². The molecule has 0 aliphatic heterocycles. The van der Waals surface area contributed by atoms with Gasteiger partial charge >= 0.3 is 0 Å². The lowest BCUT2D eigenvalue weighted by Gasteiger charge is -2.29. The largest absolute Gasteiger partial charge is 0.0933 e. The predicted molar refractivity (Wildman–Crippen MR) is 106 cm³/mol. The Balaban J connectivity index is 1.53. The van der Waals surface area contributed by atoms with Gasteiger partial charge in [0.15, 0.2) is 0 Å². The third kappa shape index (κ3) is 4.66. The Labute approximate surface area is 153 Å². The topological polar surface area (TPSA) is 0 Å². The maximum atomic E-state index is 5.73. The third-order valence-corrected chi connectivity index (χ3v) is 6.69. The molecule has 3 rings (SSSR count). The highest BCUT2D eigenvalue weighted by atomic mass is 35.5. The Bertz CT molecular complexity index is 499. The van der Waals surface area contributed by atoms with Crippen molar-refractivity contribution in [3.05, 3.63) is 47.0 Å². The standard InChI is InChI=1S/C23H33Cl/c1-2-3-18-4-8-20(9-5-18)22-12-14-23(15-13-22)21-10-6-19(7-11-21)16-17-24/h12-21H,2-11H2,1H3/b17-16+/t18-,19-,20-,21-. The van der Waals surface area contributed by atoms with Gasteiger partial charge in [-0.3, -0.25) is 0 Å². The van der Waals surface area contributed by atoms with Crippen molar-refractivity contribution in [3.8, 4) is 0 Å². The highest BCUT2D eigenvalue weighted by molar-refractivity contribution is 6.25. The fraction of sp³-hybridized carbons (Fsp3) is 0.652. The van der Waals surface area contributed by atoms with Gasteiger partial charge in [0.05, 0.1) is 0 Å². The number of hydrogen-bond acceptors (Lipinski definition) is 0. The fourth-order valence-corrected chi connectivity index (χ4v) is 5.19. The Morgan fingerprint density at radius 2 is 1.33 bits per heavy atom. The van der Waals surface area contributed by atoms with Gasteiger partial charge in [0.25, 0.3) is 0 Å². The molecular formula is C23H33Cl. The summed E-state index contributed by atoms with van der Waals surface area (Å²) >= 11 is 5.73. The van der Waals surface area contributed by atoms with Crippen molar-refractivity contribution in [2.45, 2.75) is 83.0 Å². The van der Waals surface area contributed by atoms with E-state index in [-0.39, 0.29) is 0 Å². The van der Waals surface area contributed by atoms with Crippen LogP contribution in [-0.2, 0) is 0 Å². The van der Waals surface area contributed by atoms with Crippen LogP contribution in [0.5, 0.6) is 0 Å². The summed E-state index contributed by atoms with van der Waals surface area (Å²) in [6.07, 6.45) is 15.9. The Kier molecular flexibility index (Phi) is 6.84. The number of hydrogen-bond donors (Lipinski definition) is 0. The van der Waals surface area contributed by atoms with Crippen molar-refractivity contribution in [3.63, 3.8) is 0 Å². The first-order valence-electron chi connectivity index (χ1n) is 10.2. The second-order valence-electron chi connectivity index (χ2n) is 8.10. The zero-order valence-corrected chi connectivity index (χ0v) is 16.0. The Morgan fingerprint density at radius 1 is 0.833 bits per heavy atom. The second kappa shape index (κ2) is 9.09. The maximum Gasteiger partial charge on any atom is 0.000525 e. The lowest BCUT2D eigenvalue weighted by molar-refractivity contribution is 0.308. The van der Waals surface area contributed by atoms with Crippen LogP contribution in [0.15, 0.2) is 35.9 Å². The first kappa shape index (κ1) is 18.1. The normalized spacial score (nSPS) is 31.4. The Morgan fingerprint density at radius 3 is 1.79 bits per heavy atom. The molecule has 0 amide bonds. The van der Waals surface area contributed by atoms with Crippen molar-refractivity contribution >= 4 is 11.6 Å². The summed E-state index contributed by atoms with van der Waals surface area (Å²) in [5.74, 6) is 3.29. The maximum absolute atomic E-state index is 5.73. The first-order valence-corrected chi connectivity index (χ1v) is 10.6. The van der Waals surface area contributed by atoms with E-state index < -0.39 is 0 Å². The molecule has 132 valence electrons. The molecule has 0 spiro atoms. The van der Waals surface area contributed by atoms with Crippen LogP contribution in [-0.4, -0.2) is 0 Å². The number of benzene rings is 1. The highest BCUT2D eigenvalue weighted by Gasteiger charge is 2.23. The van der Waals surface area contributed by atoms with Gasteiger partial charge in [-0.15, -0.1) is 0 Å². The van der Waals surface area contributed by atoms with Crippen LogP contribution in [0, 0.1) is 11.8 Å². The smallest absolute Gasteiger partial charge is 0.000525 e. The highest BCUT2D eigenvalue weighted by Crippen LogP contribution is 2.39. The molecule has 2 fully saturated rings. The van der Waals surface area contributed by atoms with E-state index in [9.17, 15) is 0 Å². The molecule has 2 saturated carbocycles. The Hall–Kier alpha value is -0.750. The van der Waals surface area contributed by atoms with Crippen LogP contribution in [0.4, 0.5) is 0 Å². The molecule has 2 aliphatic carbocycles. The zero-order chi connectivity index (χ0) is 16.8. The van der Waals surface area contributed by atoms with Crippen molar-refractivity contribution in [2.24, 2.45) is 11.8 Å². The van der Waals surface area contributed by atoms with Gasteiger partial charge < -0.3 is 0 Å². The minimum Gasteiger partial charge on any atom is -0.0933 e. The van der Waals surface area contributed by atoms with E-state index in [2.05, 4.69) is 37.3 Å². The van der Waals surface area contributed by atoms with Crippen LogP contribution >= 0.6 is 11.6 Å². The summed E-state index contributed by atoms with van der Waals surface area (Å²) in [6, 6.07) is 9.72. The molecule has 0 radical (unpaired) electrons. The molecule has 1 aromatic carbocycles. The molecule has 0 bridgehead atoms. The summed E-state index contributed by atoms with van der Waals surface area (Å²) in [5, 5.41) is 0. The average Bonchev–Trinajstić information content (AvgIpc) is 2.64. The first-order chi connectivity index (χ1) is 11.8. The van der Waals surface area contributed by atoms with E-state index in [1.54, 1.807) is 16.7 Å². The van der Waals surface area contributed by atoms with E-state index in [0.717, 1.165) is 17.8 Å². The minimum atomic E-state index is 0.705. The summed E-state index contributed by atoms with van der Waals surface area (Å²) in [5.41, 5.74) is 4.86. The van der Waals surface area contributed by atoms with E-state index in [1.807, 2.05) is 0 Å². The monoisotopic (exact) mass is 344 g/mol. The van der Waals surface area contributed by atoms with Gasteiger partial charge in [-0.2, -0.15) is 0 Å². The lowest BCUT2D eigenvalue weighted by atomic mass is 9.76. The van der Waals surface area contributed by atoms with Crippen molar-refractivity contribution < 1.29 is 0 Å². The van der Waals surface area contributed by atoms with Crippen LogP contribution < -0.4 is 0 Å². The molecule has 1 aromatic rings. The van der Waals surface area contributed by atoms with Gasteiger partial charge in [-0.05, 0) is 86.2 Å². The molecule has 1 heteroatoms. The van der Waals surface area contributed by atoms with Crippen LogP contribution in [0.25, 0.3) is 0 Å². The molecule has 0 atom stereocenters. The number of halogens is 1. The molecule has 0 nitrogen and oxygen atoms in total. The molecule has 2 aliphatic rings. The zero-order valence-electron chi connectivity index (χ0n) is 15.2. The van der Waals surface area contributed by atoms with E-state index in [4.69, 9.17) is 11.6 Å².